The van der Waals surface area contributed by atoms with Crippen LogP contribution in [0.3, 0.4) is 0 Å². The predicted octanol–water partition coefficient (Wildman–Crippen LogP) is 4.95. The monoisotopic (exact) mass is 473 g/mol. The first-order valence-electron chi connectivity index (χ1n) is 10.7. The summed E-state index contributed by atoms with van der Waals surface area (Å²) in [4.78, 5) is 19.3. The molecule has 9 heteroatoms. The van der Waals surface area contributed by atoms with E-state index in [1.807, 2.05) is 73.0 Å². The Kier molecular flexibility index (Phi) is 5.77. The van der Waals surface area contributed by atoms with Gasteiger partial charge in [0.05, 0.1) is 25.5 Å². The summed E-state index contributed by atoms with van der Waals surface area (Å²) in [5.41, 5.74) is 2.69. The van der Waals surface area contributed by atoms with Gasteiger partial charge in [-0.1, -0.05) is 30.3 Å². The molecule has 5 rings (SSSR count). The lowest BCUT2D eigenvalue weighted by atomic mass is 10.0. The lowest BCUT2D eigenvalue weighted by molar-refractivity contribution is -0.113. The van der Waals surface area contributed by atoms with Gasteiger partial charge in [0.15, 0.2) is 5.82 Å². The number of allylic oxidation sites excluding steroid dienone is 1. The van der Waals surface area contributed by atoms with Crippen molar-refractivity contribution >= 4 is 28.9 Å². The molecule has 0 bridgehead atoms. The average Bonchev–Trinajstić information content (AvgIpc) is 3.54. The van der Waals surface area contributed by atoms with Crippen LogP contribution in [0.25, 0.3) is 11.4 Å². The van der Waals surface area contributed by atoms with Gasteiger partial charge in [-0.15, -0.1) is 16.4 Å². The van der Waals surface area contributed by atoms with Crippen LogP contribution < -0.4 is 20.1 Å². The first-order chi connectivity index (χ1) is 16.6. The number of methoxy groups -OCH3 is 2. The third-order valence-electron chi connectivity index (χ3n) is 5.59. The number of aromatic nitrogens is 3. The summed E-state index contributed by atoms with van der Waals surface area (Å²) in [7, 11) is 3.20. The van der Waals surface area contributed by atoms with Crippen LogP contribution in [-0.4, -0.2) is 34.9 Å². The molecule has 8 nitrogen and oxygen atoms in total. The van der Waals surface area contributed by atoms with Gasteiger partial charge in [0.25, 0.3) is 5.91 Å². The molecular weight excluding hydrogens is 450 g/mol. The predicted molar refractivity (Wildman–Crippen MR) is 132 cm³/mol. The normalized spacial score (nSPS) is 14.9. The fraction of sp³-hybridized carbons (Fsp3) is 0.160. The van der Waals surface area contributed by atoms with Crippen molar-refractivity contribution in [1.82, 2.24) is 14.8 Å². The summed E-state index contributed by atoms with van der Waals surface area (Å²) in [5, 5.41) is 13.1. The molecule has 172 valence electrons. The zero-order valence-electron chi connectivity index (χ0n) is 18.9. The highest BCUT2D eigenvalue weighted by Crippen LogP contribution is 2.39. The van der Waals surface area contributed by atoms with Gasteiger partial charge in [0.2, 0.25) is 5.95 Å². The van der Waals surface area contributed by atoms with Crippen molar-refractivity contribution in [2.45, 2.75) is 13.0 Å². The molecule has 1 atom stereocenters. The molecule has 0 radical (unpaired) electrons. The van der Waals surface area contributed by atoms with E-state index in [-0.39, 0.29) is 5.91 Å². The molecule has 0 saturated carbocycles. The highest BCUT2D eigenvalue weighted by Gasteiger charge is 2.35. The molecule has 0 saturated heterocycles. The number of anilines is 2. The number of nitrogens with one attached hydrogen (secondary N) is 2. The number of nitrogens with zero attached hydrogens (tertiary/aromatic N) is 3. The molecule has 1 amide bonds. The van der Waals surface area contributed by atoms with Gasteiger partial charge in [0.1, 0.15) is 17.5 Å². The molecule has 4 aromatic rings. The van der Waals surface area contributed by atoms with Crippen LogP contribution in [0.4, 0.5) is 11.6 Å². The van der Waals surface area contributed by atoms with E-state index >= 15 is 0 Å². The van der Waals surface area contributed by atoms with Gasteiger partial charge in [-0.3, -0.25) is 4.79 Å². The first kappa shape index (κ1) is 21.7. The fourth-order valence-corrected chi connectivity index (χ4v) is 4.80. The van der Waals surface area contributed by atoms with Crippen molar-refractivity contribution in [2.75, 3.05) is 24.9 Å². The Hall–Kier alpha value is -4.11. The smallest absolute Gasteiger partial charge is 0.256 e. The molecule has 34 heavy (non-hydrogen) atoms. The average molecular weight is 474 g/mol. The van der Waals surface area contributed by atoms with Crippen LogP contribution in [0.15, 0.2) is 77.3 Å². The van der Waals surface area contributed by atoms with Crippen LogP contribution >= 0.6 is 11.3 Å². The van der Waals surface area contributed by atoms with Gasteiger partial charge < -0.3 is 20.1 Å². The Bertz CT molecular complexity index is 1380. The lowest BCUT2D eigenvalue weighted by Gasteiger charge is -2.27. The van der Waals surface area contributed by atoms with Crippen molar-refractivity contribution in [2.24, 2.45) is 0 Å². The molecule has 2 N–H and O–H groups in total. The van der Waals surface area contributed by atoms with Crippen molar-refractivity contribution in [3.63, 3.8) is 0 Å². The van der Waals surface area contributed by atoms with Crippen molar-refractivity contribution < 1.29 is 14.3 Å². The third kappa shape index (κ3) is 3.90. The van der Waals surface area contributed by atoms with Crippen LogP contribution in [0.5, 0.6) is 11.5 Å². The maximum atomic E-state index is 13.6. The van der Waals surface area contributed by atoms with E-state index < -0.39 is 6.04 Å². The van der Waals surface area contributed by atoms with Gasteiger partial charge in [-0.2, -0.15) is 4.98 Å². The van der Waals surface area contributed by atoms with E-state index in [9.17, 15) is 4.79 Å². The third-order valence-corrected chi connectivity index (χ3v) is 6.52. The van der Waals surface area contributed by atoms with Crippen LogP contribution in [0, 0.1) is 0 Å². The molecule has 1 aliphatic heterocycles. The molecule has 2 aromatic carbocycles. The van der Waals surface area contributed by atoms with Crippen molar-refractivity contribution in [1.29, 1.82) is 0 Å². The summed E-state index contributed by atoms with van der Waals surface area (Å²) in [6.07, 6.45) is 0. The summed E-state index contributed by atoms with van der Waals surface area (Å²) in [6, 6.07) is 18.4. The highest BCUT2D eigenvalue weighted by molar-refractivity contribution is 7.10. The molecular formula is C25H23N5O3S. The number of fused-ring (bicyclic) bond motifs is 1. The summed E-state index contributed by atoms with van der Waals surface area (Å²) in [5.74, 6) is 2.19. The molecule has 3 heterocycles. The van der Waals surface area contributed by atoms with Crippen molar-refractivity contribution in [3.8, 4) is 22.9 Å². The maximum Gasteiger partial charge on any atom is 0.256 e. The Morgan fingerprint density at radius 3 is 2.71 bits per heavy atom. The lowest BCUT2D eigenvalue weighted by Crippen LogP contribution is -2.31. The van der Waals surface area contributed by atoms with Crippen molar-refractivity contribution in [3.05, 3.63) is 82.2 Å². The Morgan fingerprint density at radius 1 is 1.09 bits per heavy atom. The fourth-order valence-electron chi connectivity index (χ4n) is 3.98. The second-order valence-corrected chi connectivity index (χ2v) is 8.65. The van der Waals surface area contributed by atoms with Gasteiger partial charge >= 0.3 is 0 Å². The second kappa shape index (κ2) is 9.03. The molecule has 0 spiro atoms. The number of carbonyl (C=O) groups is 1. The zero-order valence-corrected chi connectivity index (χ0v) is 19.7. The number of para-hydroxylation sites is 2. The summed E-state index contributed by atoms with van der Waals surface area (Å²) >= 11 is 1.57. The molecule has 0 fully saturated rings. The van der Waals surface area contributed by atoms with Gasteiger partial charge in [0, 0.05) is 16.1 Å². The van der Waals surface area contributed by atoms with E-state index in [1.54, 1.807) is 30.2 Å². The minimum absolute atomic E-state index is 0.239. The number of rotatable bonds is 6. The minimum Gasteiger partial charge on any atom is -0.497 e. The van der Waals surface area contributed by atoms with E-state index in [2.05, 4.69) is 10.6 Å². The molecule has 2 aromatic heterocycles. The molecule has 0 unspecified atom stereocenters. The van der Waals surface area contributed by atoms with Gasteiger partial charge in [-0.05, 0) is 42.6 Å². The summed E-state index contributed by atoms with van der Waals surface area (Å²) < 4.78 is 12.5. The largest absolute Gasteiger partial charge is 0.497 e. The topological polar surface area (TPSA) is 90.3 Å². The minimum atomic E-state index is -0.433. The standard InChI is InChI=1S/C25H23N5O3S/c1-15-21(24(31)27-18-10-4-5-11-19(18)33-3)22(20-12-7-13-34-20)30-25(26-15)28-23(29-30)16-8-6-9-17(14-16)32-2/h4-14,22H,1-3H3,(H,27,31)(H,26,28,29)/t22-/m1/s1. The Balaban J connectivity index is 1.56. The number of ether oxygens (including phenoxy) is 2. The van der Waals surface area contributed by atoms with E-state index in [1.165, 1.54) is 0 Å². The first-order valence-corrected chi connectivity index (χ1v) is 11.5. The summed E-state index contributed by atoms with van der Waals surface area (Å²) in [6.45, 7) is 1.88. The molecule has 0 aliphatic carbocycles. The highest BCUT2D eigenvalue weighted by atomic mass is 32.1. The second-order valence-electron chi connectivity index (χ2n) is 7.67. The Labute approximate surface area is 200 Å². The number of carbonyl (C=O) groups excluding carboxylic acids is 1. The number of benzene rings is 2. The van der Waals surface area contributed by atoms with E-state index in [0.29, 0.717) is 34.5 Å². The molecule has 1 aliphatic rings. The van der Waals surface area contributed by atoms with Crippen LogP contribution in [0.2, 0.25) is 0 Å². The van der Waals surface area contributed by atoms with Crippen LogP contribution in [-0.2, 0) is 4.79 Å². The number of hydrogen-bond acceptors (Lipinski definition) is 7. The van der Waals surface area contributed by atoms with E-state index in [0.717, 1.165) is 16.2 Å². The SMILES string of the molecule is COc1cccc(-c2nc3n(n2)[C@H](c2cccs2)C(C(=O)Nc2ccccc2OC)=C(C)N3)c1. The number of hydrogen-bond donors (Lipinski definition) is 2. The zero-order chi connectivity index (χ0) is 23.7. The van der Waals surface area contributed by atoms with Crippen LogP contribution in [0.1, 0.15) is 17.8 Å². The quantitative estimate of drug-likeness (QED) is 0.412. The Morgan fingerprint density at radius 2 is 1.94 bits per heavy atom. The number of thiophene rings is 1. The van der Waals surface area contributed by atoms with E-state index in [4.69, 9.17) is 19.6 Å². The maximum absolute atomic E-state index is 13.6. The van der Waals surface area contributed by atoms with Gasteiger partial charge in [-0.25, -0.2) is 4.68 Å². The number of amides is 1.